The molecule has 0 radical (unpaired) electrons. The van der Waals surface area contributed by atoms with Gasteiger partial charge in [0.05, 0.1) is 0 Å². The first kappa shape index (κ1) is 18.2. The molecular weight excluding hydrogens is 254 g/mol. The molecule has 120 valence electrons. The molecule has 1 nitrogen and oxygen atoms in total. The van der Waals surface area contributed by atoms with Crippen LogP contribution in [0.1, 0.15) is 93.9 Å². The largest absolute Gasteiger partial charge is 0.324 e. The molecular formula is C20H35N. The summed E-state index contributed by atoms with van der Waals surface area (Å²) in [5.41, 5.74) is 10.3. The van der Waals surface area contributed by atoms with Gasteiger partial charge in [-0.25, -0.2) is 0 Å². The third-order valence-electron chi connectivity index (χ3n) is 4.29. The van der Waals surface area contributed by atoms with Gasteiger partial charge < -0.3 is 5.73 Å². The van der Waals surface area contributed by atoms with Crippen LogP contribution in [0.3, 0.4) is 0 Å². The predicted molar refractivity (Wildman–Crippen MR) is 94.7 cm³/mol. The summed E-state index contributed by atoms with van der Waals surface area (Å²) < 4.78 is 0. The summed E-state index contributed by atoms with van der Waals surface area (Å²) in [6.45, 7) is 6.59. The molecule has 0 aliphatic rings. The molecule has 1 heteroatoms. The molecule has 0 spiro atoms. The van der Waals surface area contributed by atoms with Gasteiger partial charge in [-0.05, 0) is 25.8 Å². The van der Waals surface area contributed by atoms with E-state index in [0.717, 1.165) is 6.42 Å². The maximum absolute atomic E-state index is 6.33. The van der Waals surface area contributed by atoms with E-state index in [2.05, 4.69) is 39.0 Å². The molecule has 0 heterocycles. The quantitative estimate of drug-likeness (QED) is 0.480. The van der Waals surface area contributed by atoms with Crippen LogP contribution in [0.15, 0.2) is 18.2 Å². The average molecular weight is 290 g/mol. The Morgan fingerprint density at radius 1 is 0.762 bits per heavy atom. The zero-order valence-electron chi connectivity index (χ0n) is 14.5. The molecule has 0 bridgehead atoms. The number of rotatable bonds is 11. The van der Waals surface area contributed by atoms with Gasteiger partial charge in [0.1, 0.15) is 0 Å². The number of aryl methyl sites for hydroxylation is 2. The number of hydrogen-bond donors (Lipinski definition) is 1. The maximum Gasteiger partial charge on any atom is 0.0295 e. The molecule has 0 amide bonds. The molecule has 1 aromatic carbocycles. The van der Waals surface area contributed by atoms with E-state index in [1.165, 1.54) is 74.5 Å². The molecule has 1 aromatic rings. The van der Waals surface area contributed by atoms with Gasteiger partial charge in [-0.2, -0.15) is 0 Å². The van der Waals surface area contributed by atoms with E-state index < -0.39 is 0 Å². The van der Waals surface area contributed by atoms with Crippen LogP contribution in [0.2, 0.25) is 0 Å². The SMILES string of the molecule is CCCCCCCCCCCC(N)c1cc(C)cc(C)c1. The van der Waals surface area contributed by atoms with Gasteiger partial charge in [-0.1, -0.05) is 94.0 Å². The van der Waals surface area contributed by atoms with Crippen molar-refractivity contribution in [2.75, 3.05) is 0 Å². The van der Waals surface area contributed by atoms with Gasteiger partial charge >= 0.3 is 0 Å². The molecule has 0 saturated heterocycles. The Kier molecular flexibility index (Phi) is 9.41. The molecule has 0 saturated carbocycles. The van der Waals surface area contributed by atoms with Crippen LogP contribution in [0, 0.1) is 13.8 Å². The standard InChI is InChI=1S/C20H35N/c1-4-5-6-7-8-9-10-11-12-13-20(21)19-15-17(2)14-18(3)16-19/h14-16,20H,4-13,21H2,1-3H3. The Morgan fingerprint density at radius 2 is 1.24 bits per heavy atom. The number of benzene rings is 1. The smallest absolute Gasteiger partial charge is 0.0295 e. The third-order valence-corrected chi connectivity index (χ3v) is 4.29. The molecule has 0 aliphatic carbocycles. The van der Waals surface area contributed by atoms with Crippen molar-refractivity contribution >= 4 is 0 Å². The first-order valence-corrected chi connectivity index (χ1v) is 8.97. The second-order valence-corrected chi connectivity index (χ2v) is 6.64. The summed E-state index contributed by atoms with van der Waals surface area (Å²) in [5, 5.41) is 0. The Hall–Kier alpha value is -0.820. The van der Waals surface area contributed by atoms with Crippen molar-refractivity contribution in [2.24, 2.45) is 5.73 Å². The second kappa shape index (κ2) is 10.8. The van der Waals surface area contributed by atoms with E-state index in [1.807, 2.05) is 0 Å². The first-order chi connectivity index (χ1) is 10.1. The van der Waals surface area contributed by atoms with E-state index >= 15 is 0 Å². The number of nitrogens with two attached hydrogens (primary N) is 1. The normalized spacial score (nSPS) is 12.6. The van der Waals surface area contributed by atoms with E-state index in [9.17, 15) is 0 Å². The van der Waals surface area contributed by atoms with Crippen LogP contribution < -0.4 is 5.73 Å². The summed E-state index contributed by atoms with van der Waals surface area (Å²) >= 11 is 0. The number of hydrogen-bond acceptors (Lipinski definition) is 1. The van der Waals surface area contributed by atoms with E-state index in [0.29, 0.717) is 0 Å². The number of unbranched alkanes of at least 4 members (excludes halogenated alkanes) is 8. The van der Waals surface area contributed by atoms with Gasteiger partial charge in [0.2, 0.25) is 0 Å². The Morgan fingerprint density at radius 3 is 1.76 bits per heavy atom. The zero-order chi connectivity index (χ0) is 15.5. The van der Waals surface area contributed by atoms with Crippen molar-refractivity contribution in [3.8, 4) is 0 Å². The summed E-state index contributed by atoms with van der Waals surface area (Å²) in [6, 6.07) is 6.92. The summed E-state index contributed by atoms with van der Waals surface area (Å²) in [4.78, 5) is 0. The molecule has 0 aromatic heterocycles. The van der Waals surface area contributed by atoms with Crippen molar-refractivity contribution in [1.29, 1.82) is 0 Å². The molecule has 0 aliphatic heterocycles. The fraction of sp³-hybridized carbons (Fsp3) is 0.700. The van der Waals surface area contributed by atoms with Crippen molar-refractivity contribution in [2.45, 2.75) is 91.0 Å². The Bertz CT molecular complexity index is 363. The van der Waals surface area contributed by atoms with Crippen molar-refractivity contribution in [3.63, 3.8) is 0 Å². The van der Waals surface area contributed by atoms with Crippen LogP contribution in [0.5, 0.6) is 0 Å². The molecule has 21 heavy (non-hydrogen) atoms. The monoisotopic (exact) mass is 289 g/mol. The van der Waals surface area contributed by atoms with Gasteiger partial charge in [-0.3, -0.25) is 0 Å². The molecule has 1 unspecified atom stereocenters. The summed E-state index contributed by atoms with van der Waals surface area (Å²) in [7, 11) is 0. The fourth-order valence-electron chi connectivity index (χ4n) is 3.07. The Labute approximate surface area is 132 Å². The highest BCUT2D eigenvalue weighted by atomic mass is 14.6. The fourth-order valence-corrected chi connectivity index (χ4v) is 3.07. The van der Waals surface area contributed by atoms with Crippen molar-refractivity contribution < 1.29 is 0 Å². The van der Waals surface area contributed by atoms with Gasteiger partial charge in [0.15, 0.2) is 0 Å². The average Bonchev–Trinajstić information content (AvgIpc) is 2.44. The maximum atomic E-state index is 6.33. The lowest BCUT2D eigenvalue weighted by molar-refractivity contribution is 0.532. The van der Waals surface area contributed by atoms with Gasteiger partial charge in [0.25, 0.3) is 0 Å². The zero-order valence-corrected chi connectivity index (χ0v) is 14.5. The van der Waals surface area contributed by atoms with Crippen LogP contribution in [-0.2, 0) is 0 Å². The second-order valence-electron chi connectivity index (χ2n) is 6.64. The highest BCUT2D eigenvalue weighted by Crippen LogP contribution is 2.20. The van der Waals surface area contributed by atoms with Crippen LogP contribution in [0.25, 0.3) is 0 Å². The molecule has 0 fully saturated rings. The van der Waals surface area contributed by atoms with E-state index in [-0.39, 0.29) is 6.04 Å². The van der Waals surface area contributed by atoms with Crippen molar-refractivity contribution in [1.82, 2.24) is 0 Å². The van der Waals surface area contributed by atoms with Crippen LogP contribution >= 0.6 is 0 Å². The minimum Gasteiger partial charge on any atom is -0.324 e. The van der Waals surface area contributed by atoms with Crippen molar-refractivity contribution in [3.05, 3.63) is 34.9 Å². The van der Waals surface area contributed by atoms with E-state index in [1.54, 1.807) is 0 Å². The Balaban J connectivity index is 2.09. The lowest BCUT2D eigenvalue weighted by Gasteiger charge is -2.13. The van der Waals surface area contributed by atoms with Crippen LogP contribution in [0.4, 0.5) is 0 Å². The van der Waals surface area contributed by atoms with Gasteiger partial charge in [0, 0.05) is 6.04 Å². The van der Waals surface area contributed by atoms with Crippen LogP contribution in [-0.4, -0.2) is 0 Å². The van der Waals surface area contributed by atoms with Gasteiger partial charge in [-0.15, -0.1) is 0 Å². The lowest BCUT2D eigenvalue weighted by atomic mass is 9.97. The summed E-state index contributed by atoms with van der Waals surface area (Å²) in [6.07, 6.45) is 13.5. The third kappa shape index (κ3) is 8.26. The minimum absolute atomic E-state index is 0.216. The summed E-state index contributed by atoms with van der Waals surface area (Å²) in [5.74, 6) is 0. The predicted octanol–water partition coefficient (Wildman–Crippen LogP) is 6.22. The highest BCUT2D eigenvalue weighted by molar-refractivity contribution is 5.30. The molecule has 1 atom stereocenters. The topological polar surface area (TPSA) is 26.0 Å². The highest BCUT2D eigenvalue weighted by Gasteiger charge is 2.06. The molecule has 1 rings (SSSR count). The van der Waals surface area contributed by atoms with E-state index in [4.69, 9.17) is 5.73 Å². The first-order valence-electron chi connectivity index (χ1n) is 8.97. The molecule has 2 N–H and O–H groups in total. The lowest BCUT2D eigenvalue weighted by Crippen LogP contribution is -2.10. The minimum atomic E-state index is 0.216.